The van der Waals surface area contributed by atoms with Gasteiger partial charge in [-0.15, -0.1) is 24.0 Å². The second kappa shape index (κ2) is 15.5. The fourth-order valence-electron chi connectivity index (χ4n) is 5.90. The van der Waals surface area contributed by atoms with Gasteiger partial charge < -0.3 is 26.7 Å². The predicted octanol–water partition coefficient (Wildman–Crippen LogP) is 8.88. The Morgan fingerprint density at radius 2 is 1.14 bits per heavy atom. The molecule has 2 heteroatoms. The van der Waals surface area contributed by atoms with Crippen LogP contribution in [0.25, 0.3) is 0 Å². The second-order valence-electron chi connectivity index (χ2n) is 10.4. The molecule has 6 unspecified atom stereocenters. The van der Waals surface area contributed by atoms with Crippen molar-refractivity contribution >= 4 is 13.3 Å². The molecular weight excluding hydrogens is 603 g/mol. The van der Waals surface area contributed by atoms with Gasteiger partial charge in [0, 0.05) is 8.07 Å². The van der Waals surface area contributed by atoms with Crippen LogP contribution in [0.1, 0.15) is 52.4 Å². The summed E-state index contributed by atoms with van der Waals surface area (Å²) in [5.41, 5.74) is 1.53. The summed E-state index contributed by atoms with van der Waals surface area (Å²) in [4.78, 5) is 0. The second-order valence-corrected chi connectivity index (χ2v) is 15.1. The third kappa shape index (κ3) is 7.63. The summed E-state index contributed by atoms with van der Waals surface area (Å²) in [5.74, 6) is 2.76. The van der Waals surface area contributed by atoms with Crippen LogP contribution < -0.4 is 5.19 Å². The van der Waals surface area contributed by atoms with E-state index < -0.39 is 8.07 Å². The van der Waals surface area contributed by atoms with Gasteiger partial charge >= 0.3 is 25.8 Å². The Morgan fingerprint density at radius 1 is 0.743 bits per heavy atom. The quantitative estimate of drug-likeness (QED) is 0.221. The minimum Gasteiger partial charge on any atom is -0.343 e. The molecule has 0 spiro atoms. The predicted molar refractivity (Wildman–Crippen MR) is 154 cm³/mol. The molecule has 1 aromatic carbocycles. The van der Waals surface area contributed by atoms with Gasteiger partial charge in [0.1, 0.15) is 0 Å². The standard InChI is InChI=1S/C25H28Si.2C4H9.Hf/c1-26(23-13-3-2-4-14-23,24-15-19-9-5-6-10-20(19)16-24)25-17-21-11-7-8-12-22(21)18-25;2*1-3-4-2;/h2-15,17,19-22,24-25H,16,18H2,1H3;2*1,3-4H2,2H3;/q-2;2*-1;+4. The minimum atomic E-state index is -1.68. The Hall–Kier alpha value is -0.733. The molecule has 4 aliphatic carbocycles. The van der Waals surface area contributed by atoms with Gasteiger partial charge in [0.15, 0.2) is 0 Å². The van der Waals surface area contributed by atoms with E-state index in [1.54, 1.807) is 5.19 Å². The summed E-state index contributed by atoms with van der Waals surface area (Å²) in [6.45, 7) is 14.1. The molecule has 0 aromatic heterocycles. The zero-order valence-electron chi connectivity index (χ0n) is 22.3. The summed E-state index contributed by atoms with van der Waals surface area (Å²) in [6.07, 6.45) is 31.4. The van der Waals surface area contributed by atoms with Crippen molar-refractivity contribution in [2.45, 2.75) is 70.0 Å². The van der Waals surface area contributed by atoms with E-state index in [-0.39, 0.29) is 25.8 Å². The molecule has 0 radical (unpaired) electrons. The van der Waals surface area contributed by atoms with E-state index in [9.17, 15) is 0 Å². The maximum atomic E-state index is 3.60. The number of unbranched alkanes of at least 4 members (excludes halogenated alkanes) is 2. The van der Waals surface area contributed by atoms with Gasteiger partial charge in [0.2, 0.25) is 0 Å². The van der Waals surface area contributed by atoms with E-state index in [0.717, 1.165) is 35.8 Å². The van der Waals surface area contributed by atoms with E-state index in [4.69, 9.17) is 0 Å². The van der Waals surface area contributed by atoms with Crippen LogP contribution in [0, 0.1) is 50.4 Å². The summed E-state index contributed by atoms with van der Waals surface area (Å²) >= 11 is 0. The van der Waals surface area contributed by atoms with Crippen LogP contribution in [0.15, 0.2) is 78.9 Å². The van der Waals surface area contributed by atoms with Crippen molar-refractivity contribution in [1.29, 1.82) is 0 Å². The number of hydrogen-bond donors (Lipinski definition) is 0. The molecule has 35 heavy (non-hydrogen) atoms. The van der Waals surface area contributed by atoms with Crippen LogP contribution in [0.5, 0.6) is 0 Å². The van der Waals surface area contributed by atoms with E-state index in [0.29, 0.717) is 11.8 Å². The van der Waals surface area contributed by atoms with Gasteiger partial charge in [-0.25, -0.2) is 0 Å². The summed E-state index contributed by atoms with van der Waals surface area (Å²) in [6, 6.07) is 11.5. The minimum absolute atomic E-state index is 0. The average Bonchev–Trinajstić information content (AvgIpc) is 3.54. The summed E-state index contributed by atoms with van der Waals surface area (Å²) < 4.78 is 0. The van der Waals surface area contributed by atoms with Crippen molar-refractivity contribution in [3.05, 3.63) is 106 Å². The van der Waals surface area contributed by atoms with Crippen molar-refractivity contribution in [3.63, 3.8) is 0 Å². The first-order valence-electron chi connectivity index (χ1n) is 13.6. The Bertz CT molecular complexity index is 744. The third-order valence-corrected chi connectivity index (χ3v) is 13.7. The van der Waals surface area contributed by atoms with Gasteiger partial charge in [0.05, 0.1) is 0 Å². The molecule has 186 valence electrons. The number of fused-ring (bicyclic) bond motifs is 2. The fraction of sp³-hybridized carbons (Fsp3) is 0.455. The van der Waals surface area contributed by atoms with Crippen LogP contribution in [0.4, 0.5) is 0 Å². The van der Waals surface area contributed by atoms with Crippen molar-refractivity contribution in [1.82, 2.24) is 0 Å². The van der Waals surface area contributed by atoms with Crippen LogP contribution in [-0.2, 0) is 25.8 Å². The van der Waals surface area contributed by atoms with Crippen molar-refractivity contribution in [2.24, 2.45) is 23.7 Å². The first-order valence-corrected chi connectivity index (χ1v) is 16.3. The van der Waals surface area contributed by atoms with Crippen LogP contribution in [0.2, 0.25) is 17.6 Å². The maximum Gasteiger partial charge on any atom is 4.00 e. The Morgan fingerprint density at radius 3 is 1.51 bits per heavy atom. The molecule has 0 amide bonds. The largest absolute Gasteiger partial charge is 4.00 e. The van der Waals surface area contributed by atoms with E-state index in [1.807, 2.05) is 0 Å². The Kier molecular flexibility index (Phi) is 13.5. The van der Waals surface area contributed by atoms with Crippen molar-refractivity contribution in [3.8, 4) is 0 Å². The smallest absolute Gasteiger partial charge is 0.343 e. The van der Waals surface area contributed by atoms with Crippen LogP contribution >= 0.6 is 0 Å². The molecule has 0 N–H and O–H groups in total. The molecule has 2 fully saturated rings. The van der Waals surface area contributed by atoms with Gasteiger partial charge in [0.25, 0.3) is 0 Å². The topological polar surface area (TPSA) is 0 Å². The van der Waals surface area contributed by atoms with Crippen LogP contribution in [0.3, 0.4) is 0 Å². The summed E-state index contributed by atoms with van der Waals surface area (Å²) in [5, 5.41) is 1.65. The molecule has 0 nitrogen and oxygen atoms in total. The summed E-state index contributed by atoms with van der Waals surface area (Å²) in [7, 11) is -1.68. The number of allylic oxidation sites excluding steroid dienone is 8. The van der Waals surface area contributed by atoms with E-state index in [2.05, 4.69) is 126 Å². The van der Waals surface area contributed by atoms with E-state index >= 15 is 0 Å². The molecule has 6 atom stereocenters. The third-order valence-electron chi connectivity index (χ3n) is 8.20. The van der Waals surface area contributed by atoms with E-state index in [1.165, 1.54) is 25.7 Å². The first kappa shape index (κ1) is 30.5. The molecule has 5 rings (SSSR count). The van der Waals surface area contributed by atoms with Crippen LogP contribution in [-0.4, -0.2) is 8.07 Å². The molecular formula is C33H46HfSi. The zero-order chi connectivity index (χ0) is 24.4. The van der Waals surface area contributed by atoms with Crippen molar-refractivity contribution < 1.29 is 25.8 Å². The first-order chi connectivity index (χ1) is 16.6. The normalized spacial score (nSPS) is 31.1. The Labute approximate surface area is 237 Å². The van der Waals surface area contributed by atoms with Gasteiger partial charge in [-0.2, -0.15) is 23.9 Å². The fourth-order valence-corrected chi connectivity index (χ4v) is 11.0. The number of hydrogen-bond acceptors (Lipinski definition) is 0. The van der Waals surface area contributed by atoms with Gasteiger partial charge in [-0.3, -0.25) is 0 Å². The zero-order valence-corrected chi connectivity index (χ0v) is 26.9. The molecule has 0 saturated heterocycles. The molecule has 0 bridgehead atoms. The SMILES string of the molecule is C[Si](c1ccccc1)(C1[CH-]C2C=CC=CC2C1)C1[CH-]C2C=CC=CC2C1.[CH2-]CCC.[CH2-]CCC.[Hf+4]. The maximum absolute atomic E-state index is 3.60. The number of rotatable bonds is 5. The molecule has 0 heterocycles. The average molecular weight is 649 g/mol. The van der Waals surface area contributed by atoms with Gasteiger partial charge in [-0.1, -0.05) is 118 Å². The molecule has 4 aliphatic rings. The molecule has 2 saturated carbocycles. The molecule has 1 aromatic rings. The number of benzene rings is 1. The monoisotopic (exact) mass is 650 g/mol. The Balaban J connectivity index is 0.000000423. The van der Waals surface area contributed by atoms with Gasteiger partial charge in [-0.05, 0) is 11.8 Å². The molecule has 0 aliphatic heterocycles. The van der Waals surface area contributed by atoms with Crippen molar-refractivity contribution in [2.75, 3.05) is 0 Å².